The average molecular weight is 415 g/mol. The van der Waals surface area contributed by atoms with Crippen molar-refractivity contribution < 1.29 is 18.0 Å². The van der Waals surface area contributed by atoms with Crippen LogP contribution in [0.25, 0.3) is 0 Å². The molecule has 0 spiro atoms. The Morgan fingerprint density at radius 2 is 1.88 bits per heavy atom. The van der Waals surface area contributed by atoms with Gasteiger partial charge in [-0.1, -0.05) is 5.16 Å². The second-order valence-electron chi connectivity index (χ2n) is 6.10. The maximum absolute atomic E-state index is 12.8. The fourth-order valence-electron chi connectivity index (χ4n) is 3.22. The molecule has 0 bridgehead atoms. The van der Waals surface area contributed by atoms with Crippen LogP contribution in [0.4, 0.5) is 24.7 Å². The lowest BCUT2D eigenvalue weighted by atomic mass is 9.97. The van der Waals surface area contributed by atoms with Crippen molar-refractivity contribution in [1.82, 2.24) is 9.78 Å². The van der Waals surface area contributed by atoms with E-state index in [1.54, 1.807) is 6.20 Å². The molecule has 0 saturated carbocycles. The number of anilines is 2. The second kappa shape index (κ2) is 6.05. The Kier molecular flexibility index (Phi) is 3.98. The Hall–Kier alpha value is -2.03. The van der Waals surface area contributed by atoms with Gasteiger partial charge in [-0.2, -0.15) is 18.3 Å². The molecular weight excluding hydrogens is 401 g/mol. The fourth-order valence-corrected chi connectivity index (χ4v) is 3.63. The molecule has 0 fully saturated rings. The molecule has 132 valence electrons. The molecular formula is C16H14BrF3N4O. The molecule has 2 aliphatic heterocycles. The molecule has 25 heavy (non-hydrogen) atoms. The van der Waals surface area contributed by atoms with E-state index in [9.17, 15) is 13.2 Å². The minimum absolute atomic E-state index is 0.0799. The van der Waals surface area contributed by atoms with Gasteiger partial charge in [-0.05, 0) is 40.2 Å². The van der Waals surface area contributed by atoms with Crippen LogP contribution in [0.1, 0.15) is 12.0 Å². The van der Waals surface area contributed by atoms with Crippen LogP contribution in [0.3, 0.4) is 0 Å². The van der Waals surface area contributed by atoms with Gasteiger partial charge in [0.15, 0.2) is 0 Å². The fraction of sp³-hybridized carbons (Fsp3) is 0.375. The van der Waals surface area contributed by atoms with Crippen molar-refractivity contribution in [1.29, 1.82) is 0 Å². The van der Waals surface area contributed by atoms with E-state index in [1.807, 2.05) is 15.6 Å². The van der Waals surface area contributed by atoms with Gasteiger partial charge in [0.05, 0.1) is 18.3 Å². The number of fused-ring (bicyclic) bond motifs is 1. The zero-order valence-electron chi connectivity index (χ0n) is 12.9. The molecule has 2 atom stereocenters. The van der Waals surface area contributed by atoms with Crippen molar-refractivity contribution >= 4 is 32.1 Å². The van der Waals surface area contributed by atoms with Crippen molar-refractivity contribution in [2.24, 2.45) is 11.1 Å². The van der Waals surface area contributed by atoms with Gasteiger partial charge in [0.1, 0.15) is 16.5 Å². The first-order valence-corrected chi connectivity index (χ1v) is 8.56. The van der Waals surface area contributed by atoms with Crippen molar-refractivity contribution in [3.05, 3.63) is 42.1 Å². The molecule has 9 heteroatoms. The molecule has 0 N–H and O–H groups in total. The van der Waals surface area contributed by atoms with E-state index in [0.717, 1.165) is 22.6 Å². The van der Waals surface area contributed by atoms with E-state index in [4.69, 9.17) is 4.84 Å². The zero-order valence-corrected chi connectivity index (χ0v) is 14.5. The summed E-state index contributed by atoms with van der Waals surface area (Å²) in [5, 5.41) is 8.25. The van der Waals surface area contributed by atoms with Gasteiger partial charge in [0.25, 0.3) is 0 Å². The predicted molar refractivity (Wildman–Crippen MR) is 90.0 cm³/mol. The van der Waals surface area contributed by atoms with Crippen LogP contribution in [0.2, 0.25) is 0 Å². The van der Waals surface area contributed by atoms with Gasteiger partial charge in [-0.25, -0.2) is 4.68 Å². The Bertz CT molecular complexity index is 802. The van der Waals surface area contributed by atoms with Gasteiger partial charge in [-0.15, -0.1) is 0 Å². The molecule has 0 saturated heterocycles. The first-order valence-electron chi connectivity index (χ1n) is 7.76. The Labute approximate surface area is 150 Å². The minimum Gasteiger partial charge on any atom is -0.391 e. The Morgan fingerprint density at radius 1 is 1.12 bits per heavy atom. The van der Waals surface area contributed by atoms with E-state index in [-0.39, 0.29) is 12.0 Å². The molecule has 0 amide bonds. The van der Waals surface area contributed by atoms with Gasteiger partial charge >= 0.3 is 6.18 Å². The van der Waals surface area contributed by atoms with Crippen molar-refractivity contribution in [2.75, 3.05) is 11.4 Å². The first-order chi connectivity index (χ1) is 11.9. The highest BCUT2D eigenvalue weighted by molar-refractivity contribution is 9.18. The van der Waals surface area contributed by atoms with Crippen LogP contribution in [0, 0.1) is 5.92 Å². The number of alkyl halides is 3. The number of halogens is 4. The van der Waals surface area contributed by atoms with Crippen molar-refractivity contribution in [3.8, 4) is 0 Å². The zero-order chi connectivity index (χ0) is 17.6. The average Bonchev–Trinajstić information content (AvgIpc) is 3.21. The summed E-state index contributed by atoms with van der Waals surface area (Å²) in [6, 6.07) is 7.04. The monoisotopic (exact) mass is 414 g/mol. The Morgan fingerprint density at radius 3 is 2.52 bits per heavy atom. The highest BCUT2D eigenvalue weighted by Gasteiger charge is 2.36. The molecule has 0 radical (unpaired) electrons. The number of aromatic nitrogens is 2. The smallest absolute Gasteiger partial charge is 0.391 e. The van der Waals surface area contributed by atoms with Crippen LogP contribution in [-0.2, 0) is 17.6 Å². The van der Waals surface area contributed by atoms with E-state index in [1.165, 1.54) is 12.1 Å². The van der Waals surface area contributed by atoms with Crippen LogP contribution >= 0.6 is 15.9 Å². The normalized spacial score (nSPS) is 23.2. The third-order valence-corrected chi connectivity index (χ3v) is 4.95. The number of rotatable bonds is 2. The molecule has 2 unspecified atom stereocenters. The van der Waals surface area contributed by atoms with Crippen LogP contribution < -0.4 is 4.90 Å². The number of oxime groups is 1. The molecule has 2 aliphatic rings. The third kappa shape index (κ3) is 3.12. The number of nitrogens with zero attached hydrogens (tertiary/aromatic N) is 4. The highest BCUT2D eigenvalue weighted by atomic mass is 79.9. The van der Waals surface area contributed by atoms with Crippen molar-refractivity contribution in [3.63, 3.8) is 0 Å². The largest absolute Gasteiger partial charge is 0.416 e. The molecule has 0 aliphatic carbocycles. The summed E-state index contributed by atoms with van der Waals surface area (Å²) in [7, 11) is 0. The summed E-state index contributed by atoms with van der Waals surface area (Å²) < 4.78 is 41.0. The summed E-state index contributed by atoms with van der Waals surface area (Å²) in [5.74, 6) is 0.975. The summed E-state index contributed by atoms with van der Waals surface area (Å²) in [6.07, 6.45) is -2.05. The lowest BCUT2D eigenvalue weighted by Gasteiger charge is -2.36. The van der Waals surface area contributed by atoms with E-state index >= 15 is 0 Å². The maximum Gasteiger partial charge on any atom is 0.416 e. The first kappa shape index (κ1) is 16.4. The molecule has 2 aromatic rings. The summed E-state index contributed by atoms with van der Waals surface area (Å²) >= 11 is 3.34. The summed E-state index contributed by atoms with van der Waals surface area (Å²) in [4.78, 5) is 7.44. The summed E-state index contributed by atoms with van der Waals surface area (Å²) in [6.45, 7) is 1.30. The lowest BCUT2D eigenvalue weighted by Crippen LogP contribution is -2.41. The van der Waals surface area contributed by atoms with E-state index in [2.05, 4.69) is 26.2 Å². The van der Waals surface area contributed by atoms with Crippen molar-refractivity contribution in [2.45, 2.75) is 25.2 Å². The van der Waals surface area contributed by atoms with Gasteiger partial charge in [0, 0.05) is 30.6 Å². The number of hydrogen-bond acceptors (Lipinski definition) is 4. The van der Waals surface area contributed by atoms with Gasteiger partial charge in [-0.3, -0.25) is 0 Å². The molecule has 3 heterocycles. The summed E-state index contributed by atoms with van der Waals surface area (Å²) in [5.41, 5.74) is 0.0344. The topological polar surface area (TPSA) is 42.6 Å². The molecule has 4 rings (SSSR count). The van der Waals surface area contributed by atoms with Gasteiger partial charge < -0.3 is 9.74 Å². The maximum atomic E-state index is 12.8. The molecule has 5 nitrogen and oxygen atoms in total. The third-order valence-electron chi connectivity index (χ3n) is 4.48. The quantitative estimate of drug-likeness (QED) is 0.740. The molecule has 1 aromatic carbocycles. The van der Waals surface area contributed by atoms with Crippen LogP contribution in [-0.4, -0.2) is 27.1 Å². The SMILES string of the molecule is FC(F)(F)c1ccc(N2CC(C3CC(Br)=NO3)Cn3nccc32)cc1. The second-order valence-corrected chi connectivity index (χ2v) is 7.02. The number of benzene rings is 1. The lowest BCUT2D eigenvalue weighted by molar-refractivity contribution is -0.137. The minimum atomic E-state index is -4.34. The van der Waals surface area contributed by atoms with Crippen LogP contribution in [0.15, 0.2) is 41.7 Å². The number of hydrogen-bond donors (Lipinski definition) is 0. The highest BCUT2D eigenvalue weighted by Crippen LogP contribution is 2.36. The standard InChI is InChI=1S/C16H14BrF3N4O/c17-14-7-13(25-22-14)10-8-23(15-5-6-21-24(15)9-10)12-3-1-11(2-4-12)16(18,19)20/h1-6,10,13H,7-9H2. The van der Waals surface area contributed by atoms with Gasteiger partial charge in [0.2, 0.25) is 0 Å². The predicted octanol–water partition coefficient (Wildman–Crippen LogP) is 4.17. The molecule has 1 aromatic heterocycles. The Balaban J connectivity index is 1.62. The van der Waals surface area contributed by atoms with E-state index in [0.29, 0.717) is 25.2 Å². The van der Waals surface area contributed by atoms with Crippen LogP contribution in [0.5, 0.6) is 0 Å². The van der Waals surface area contributed by atoms with E-state index < -0.39 is 11.7 Å².